The van der Waals surface area contributed by atoms with Gasteiger partial charge in [-0.15, -0.1) is 0 Å². The van der Waals surface area contributed by atoms with E-state index in [9.17, 15) is 0 Å². The highest BCUT2D eigenvalue weighted by Crippen LogP contribution is 2.05. The number of nitrogens with one attached hydrogen (secondary N) is 1. The van der Waals surface area contributed by atoms with Gasteiger partial charge in [-0.3, -0.25) is 5.10 Å². The van der Waals surface area contributed by atoms with Crippen LogP contribution in [0.2, 0.25) is 0 Å². The van der Waals surface area contributed by atoms with Gasteiger partial charge < -0.3 is 0 Å². The molecule has 1 aromatic heterocycles. The van der Waals surface area contributed by atoms with E-state index in [0.29, 0.717) is 0 Å². The van der Waals surface area contributed by atoms with Gasteiger partial charge in [0.1, 0.15) is 5.82 Å². The van der Waals surface area contributed by atoms with Crippen molar-refractivity contribution in [3.8, 4) is 0 Å². The molecule has 1 aromatic rings. The quantitative estimate of drug-likeness (QED) is 0.739. The molecule has 0 amide bonds. The van der Waals surface area contributed by atoms with Crippen molar-refractivity contribution < 1.29 is 0 Å². The van der Waals surface area contributed by atoms with E-state index in [-0.39, 0.29) is 0 Å². The Morgan fingerprint density at radius 2 is 2.36 bits per heavy atom. The van der Waals surface area contributed by atoms with E-state index in [0.717, 1.165) is 23.6 Å². The number of aromatic amines is 1. The summed E-state index contributed by atoms with van der Waals surface area (Å²) < 4.78 is 0. The van der Waals surface area contributed by atoms with Crippen LogP contribution in [-0.4, -0.2) is 15.2 Å². The summed E-state index contributed by atoms with van der Waals surface area (Å²) in [5.74, 6) is 1.66. The zero-order valence-corrected chi connectivity index (χ0v) is 8.62. The summed E-state index contributed by atoms with van der Waals surface area (Å²) in [6.45, 7) is 7.55. The summed E-state index contributed by atoms with van der Waals surface area (Å²) in [4.78, 5) is 4.24. The summed E-state index contributed by atoms with van der Waals surface area (Å²) in [5, 5.41) is 6.89. The van der Waals surface area contributed by atoms with Crippen LogP contribution >= 0.6 is 0 Å². The Morgan fingerprint density at radius 1 is 1.57 bits per heavy atom. The van der Waals surface area contributed by atoms with Crippen molar-refractivity contribution in [2.75, 3.05) is 0 Å². The molecular weight excluding hydrogens is 174 g/mol. The SMILES string of the molecule is C=C/C=C(\C=C/C)Cc1n[nH]c(C)n1. The highest BCUT2D eigenvalue weighted by Gasteiger charge is 2.00. The number of nitrogens with zero attached hydrogens (tertiary/aromatic N) is 2. The van der Waals surface area contributed by atoms with Gasteiger partial charge in [0.15, 0.2) is 5.82 Å². The van der Waals surface area contributed by atoms with Crippen LogP contribution in [-0.2, 0) is 6.42 Å². The second-order valence-electron chi connectivity index (χ2n) is 2.99. The minimum absolute atomic E-state index is 0.737. The van der Waals surface area contributed by atoms with Crippen LogP contribution < -0.4 is 0 Å². The molecule has 0 aliphatic heterocycles. The molecule has 1 heterocycles. The van der Waals surface area contributed by atoms with Crippen LogP contribution in [0.15, 0.2) is 36.5 Å². The molecule has 0 saturated heterocycles. The number of rotatable bonds is 4. The third-order valence-electron chi connectivity index (χ3n) is 1.72. The van der Waals surface area contributed by atoms with Crippen LogP contribution in [0.5, 0.6) is 0 Å². The van der Waals surface area contributed by atoms with Crippen LogP contribution in [0.1, 0.15) is 18.6 Å². The fourth-order valence-corrected chi connectivity index (χ4v) is 1.19. The van der Waals surface area contributed by atoms with Gasteiger partial charge in [0.25, 0.3) is 0 Å². The minimum Gasteiger partial charge on any atom is -0.263 e. The van der Waals surface area contributed by atoms with E-state index in [1.54, 1.807) is 6.08 Å². The average molecular weight is 189 g/mol. The first-order chi connectivity index (χ1) is 6.76. The Labute approximate surface area is 84.3 Å². The lowest BCUT2D eigenvalue weighted by molar-refractivity contribution is 0.969. The van der Waals surface area contributed by atoms with Gasteiger partial charge in [0.05, 0.1) is 0 Å². The van der Waals surface area contributed by atoms with Crippen molar-refractivity contribution in [3.63, 3.8) is 0 Å². The van der Waals surface area contributed by atoms with Gasteiger partial charge in [0, 0.05) is 6.42 Å². The lowest BCUT2D eigenvalue weighted by atomic mass is 10.1. The Bertz CT molecular complexity index is 358. The van der Waals surface area contributed by atoms with E-state index in [1.165, 1.54) is 0 Å². The molecule has 0 spiro atoms. The second kappa shape index (κ2) is 5.17. The summed E-state index contributed by atoms with van der Waals surface area (Å²) >= 11 is 0. The maximum atomic E-state index is 4.24. The molecule has 0 aromatic carbocycles. The molecule has 1 N–H and O–H groups in total. The third-order valence-corrected chi connectivity index (χ3v) is 1.72. The molecule has 0 saturated carbocycles. The third kappa shape index (κ3) is 3.01. The molecule has 3 heteroatoms. The Kier molecular flexibility index (Phi) is 3.85. The Balaban J connectivity index is 2.74. The molecule has 0 atom stereocenters. The minimum atomic E-state index is 0.737. The topological polar surface area (TPSA) is 41.6 Å². The molecule has 0 aliphatic carbocycles. The highest BCUT2D eigenvalue weighted by molar-refractivity contribution is 5.25. The number of hydrogen-bond donors (Lipinski definition) is 1. The number of hydrogen-bond acceptors (Lipinski definition) is 2. The van der Waals surface area contributed by atoms with E-state index >= 15 is 0 Å². The Hall–Kier alpha value is -1.64. The van der Waals surface area contributed by atoms with Crippen molar-refractivity contribution in [3.05, 3.63) is 48.1 Å². The number of H-pyrrole nitrogens is 1. The summed E-state index contributed by atoms with van der Waals surface area (Å²) in [6.07, 6.45) is 8.50. The molecule has 1 rings (SSSR count). The largest absolute Gasteiger partial charge is 0.263 e. The predicted octanol–water partition coefficient (Wildman–Crippen LogP) is 2.34. The van der Waals surface area contributed by atoms with Crippen molar-refractivity contribution in [1.29, 1.82) is 0 Å². The Morgan fingerprint density at radius 3 is 2.86 bits per heavy atom. The molecule has 14 heavy (non-hydrogen) atoms. The van der Waals surface area contributed by atoms with Gasteiger partial charge in [-0.05, 0) is 19.4 Å². The van der Waals surface area contributed by atoms with E-state index < -0.39 is 0 Å². The molecule has 3 nitrogen and oxygen atoms in total. The smallest absolute Gasteiger partial charge is 0.155 e. The number of allylic oxidation sites excluding steroid dienone is 5. The van der Waals surface area contributed by atoms with E-state index in [4.69, 9.17) is 0 Å². The number of aromatic nitrogens is 3. The fourth-order valence-electron chi connectivity index (χ4n) is 1.19. The second-order valence-corrected chi connectivity index (χ2v) is 2.99. The van der Waals surface area contributed by atoms with Crippen LogP contribution in [0, 0.1) is 6.92 Å². The highest BCUT2D eigenvalue weighted by atomic mass is 15.2. The maximum Gasteiger partial charge on any atom is 0.155 e. The molecule has 74 valence electrons. The summed E-state index contributed by atoms with van der Waals surface area (Å²) in [5.41, 5.74) is 1.15. The van der Waals surface area contributed by atoms with Crippen molar-refractivity contribution in [1.82, 2.24) is 15.2 Å². The molecule has 0 fully saturated rings. The van der Waals surface area contributed by atoms with Crippen LogP contribution in [0.3, 0.4) is 0 Å². The average Bonchev–Trinajstić information content (AvgIpc) is 2.52. The van der Waals surface area contributed by atoms with Gasteiger partial charge in [-0.2, -0.15) is 5.10 Å². The van der Waals surface area contributed by atoms with Crippen molar-refractivity contribution in [2.24, 2.45) is 0 Å². The monoisotopic (exact) mass is 189 g/mol. The molecule has 0 unspecified atom stereocenters. The van der Waals surface area contributed by atoms with Gasteiger partial charge in [-0.25, -0.2) is 4.98 Å². The molecular formula is C11H15N3. The first-order valence-corrected chi connectivity index (χ1v) is 4.58. The van der Waals surface area contributed by atoms with Crippen molar-refractivity contribution in [2.45, 2.75) is 20.3 Å². The fraction of sp³-hybridized carbons (Fsp3) is 0.273. The van der Waals surface area contributed by atoms with Crippen LogP contribution in [0.4, 0.5) is 0 Å². The lowest BCUT2D eigenvalue weighted by Crippen LogP contribution is -1.90. The van der Waals surface area contributed by atoms with E-state index in [1.807, 2.05) is 32.1 Å². The van der Waals surface area contributed by atoms with Crippen LogP contribution in [0.25, 0.3) is 0 Å². The normalized spacial score (nSPS) is 12.3. The first kappa shape index (κ1) is 10.4. The van der Waals surface area contributed by atoms with Gasteiger partial charge >= 0.3 is 0 Å². The van der Waals surface area contributed by atoms with Crippen molar-refractivity contribution >= 4 is 0 Å². The molecule has 0 radical (unpaired) electrons. The first-order valence-electron chi connectivity index (χ1n) is 4.58. The zero-order valence-electron chi connectivity index (χ0n) is 8.62. The van der Waals surface area contributed by atoms with E-state index in [2.05, 4.69) is 21.8 Å². The van der Waals surface area contributed by atoms with Gasteiger partial charge in [0.2, 0.25) is 0 Å². The summed E-state index contributed by atoms with van der Waals surface area (Å²) in [6, 6.07) is 0. The molecule has 0 bridgehead atoms. The standard InChI is InChI=1S/C11H15N3/c1-4-6-10(7-5-2)8-11-12-9(3)13-14-11/h4-7H,1,8H2,2-3H3,(H,12,13,14)/b7-5-,10-6+. The van der Waals surface area contributed by atoms with Gasteiger partial charge in [-0.1, -0.05) is 30.9 Å². The zero-order chi connectivity index (χ0) is 10.4. The maximum absolute atomic E-state index is 4.24. The lowest BCUT2D eigenvalue weighted by Gasteiger charge is -1.95. The number of aryl methyl sites for hydroxylation is 1. The summed E-state index contributed by atoms with van der Waals surface area (Å²) in [7, 11) is 0. The molecule has 0 aliphatic rings. The predicted molar refractivity (Wildman–Crippen MR) is 57.9 cm³/mol.